The number of nitrogens with zero attached hydrogens (tertiary/aromatic N) is 1. The van der Waals surface area contributed by atoms with E-state index in [1.807, 2.05) is 38.4 Å². The van der Waals surface area contributed by atoms with Crippen molar-refractivity contribution in [1.82, 2.24) is 10.2 Å². The van der Waals surface area contributed by atoms with Crippen LogP contribution in [-0.2, 0) is 0 Å². The highest BCUT2D eigenvalue weighted by molar-refractivity contribution is 14.1. The molecule has 0 aliphatic carbocycles. The lowest BCUT2D eigenvalue weighted by Crippen LogP contribution is -2.48. The number of likely N-dealkylation sites (N-methyl/N-ethyl adjacent to an activating group) is 1. The second-order valence-corrected chi connectivity index (χ2v) is 6.15. The Hall–Kier alpha value is -0.620. The fourth-order valence-electron chi connectivity index (χ4n) is 1.19. The van der Waals surface area contributed by atoms with Gasteiger partial charge in [-0.15, -0.1) is 0 Å². The van der Waals surface area contributed by atoms with Crippen LogP contribution in [0.1, 0.15) is 24.2 Å². The summed E-state index contributed by atoms with van der Waals surface area (Å²) in [7, 11) is 4.02. The van der Waals surface area contributed by atoms with Crippen LogP contribution in [0.15, 0.2) is 24.3 Å². The van der Waals surface area contributed by atoms with E-state index in [4.69, 9.17) is 0 Å². The van der Waals surface area contributed by atoms with Gasteiger partial charge in [0.25, 0.3) is 5.91 Å². The smallest absolute Gasteiger partial charge is 0.251 e. The van der Waals surface area contributed by atoms with E-state index in [2.05, 4.69) is 46.7 Å². The van der Waals surface area contributed by atoms with Gasteiger partial charge < -0.3 is 10.2 Å². The van der Waals surface area contributed by atoms with Gasteiger partial charge in [-0.2, -0.15) is 0 Å². The predicted octanol–water partition coefficient (Wildman–Crippen LogP) is 2.36. The van der Waals surface area contributed by atoms with Crippen molar-refractivity contribution in [1.29, 1.82) is 0 Å². The molecule has 94 valence electrons. The number of carbonyl (C=O) groups is 1. The predicted molar refractivity (Wildman–Crippen MR) is 79.3 cm³/mol. The van der Waals surface area contributed by atoms with Crippen molar-refractivity contribution >= 4 is 28.5 Å². The summed E-state index contributed by atoms with van der Waals surface area (Å²) in [5.41, 5.74) is 0.670. The highest BCUT2D eigenvalue weighted by Gasteiger charge is 2.21. The van der Waals surface area contributed by atoms with Crippen molar-refractivity contribution in [3.63, 3.8) is 0 Å². The summed E-state index contributed by atoms with van der Waals surface area (Å²) in [4.78, 5) is 14.0. The summed E-state index contributed by atoms with van der Waals surface area (Å²) in [5, 5.41) is 2.96. The number of halogens is 1. The molecule has 0 bridgehead atoms. The molecule has 0 aromatic heterocycles. The number of rotatable bonds is 4. The minimum absolute atomic E-state index is 0.0153. The Bertz CT molecular complexity index is 402. The fourth-order valence-corrected chi connectivity index (χ4v) is 1.73. The van der Waals surface area contributed by atoms with Crippen molar-refractivity contribution in [2.75, 3.05) is 20.6 Å². The van der Waals surface area contributed by atoms with Gasteiger partial charge in [-0.3, -0.25) is 4.79 Å². The van der Waals surface area contributed by atoms with Gasteiger partial charge in [-0.25, -0.2) is 0 Å². The van der Waals surface area contributed by atoms with Gasteiger partial charge in [-0.05, 0) is 68.7 Å². The monoisotopic (exact) mass is 346 g/mol. The fraction of sp³-hybridized carbons (Fsp3) is 0.462. The second-order valence-electron chi connectivity index (χ2n) is 4.90. The van der Waals surface area contributed by atoms with Crippen molar-refractivity contribution in [3.05, 3.63) is 33.4 Å². The zero-order chi connectivity index (χ0) is 13.1. The molecular weight excluding hydrogens is 327 g/mol. The largest absolute Gasteiger partial charge is 0.350 e. The summed E-state index contributed by atoms with van der Waals surface area (Å²) >= 11 is 2.21. The second kappa shape index (κ2) is 5.82. The van der Waals surface area contributed by atoms with Crippen LogP contribution in [0.25, 0.3) is 0 Å². The van der Waals surface area contributed by atoms with Crippen molar-refractivity contribution in [3.8, 4) is 0 Å². The lowest BCUT2D eigenvalue weighted by atomic mass is 10.0. The van der Waals surface area contributed by atoms with Gasteiger partial charge in [-0.1, -0.05) is 6.07 Å². The van der Waals surface area contributed by atoms with Crippen LogP contribution in [0, 0.1) is 3.57 Å². The number of hydrogen-bond acceptors (Lipinski definition) is 2. The number of benzene rings is 1. The van der Waals surface area contributed by atoms with Crippen LogP contribution in [-0.4, -0.2) is 37.0 Å². The topological polar surface area (TPSA) is 32.3 Å². The molecule has 0 unspecified atom stereocenters. The molecule has 0 aliphatic heterocycles. The van der Waals surface area contributed by atoms with Crippen LogP contribution >= 0.6 is 22.6 Å². The van der Waals surface area contributed by atoms with E-state index in [0.29, 0.717) is 12.1 Å². The summed E-state index contributed by atoms with van der Waals surface area (Å²) in [6.45, 7) is 4.83. The van der Waals surface area contributed by atoms with Crippen LogP contribution in [0.2, 0.25) is 0 Å². The Morgan fingerprint density at radius 3 is 2.59 bits per heavy atom. The number of carbonyl (C=O) groups excluding carboxylic acids is 1. The minimum Gasteiger partial charge on any atom is -0.350 e. The van der Waals surface area contributed by atoms with E-state index in [9.17, 15) is 4.79 Å². The molecule has 17 heavy (non-hydrogen) atoms. The molecule has 0 radical (unpaired) electrons. The molecule has 0 saturated heterocycles. The highest BCUT2D eigenvalue weighted by Crippen LogP contribution is 2.10. The first-order chi connectivity index (χ1) is 7.83. The highest BCUT2D eigenvalue weighted by atomic mass is 127. The first-order valence-electron chi connectivity index (χ1n) is 5.54. The quantitative estimate of drug-likeness (QED) is 0.849. The number of amides is 1. The average molecular weight is 346 g/mol. The number of nitrogens with one attached hydrogen (secondary N) is 1. The number of hydrogen-bond donors (Lipinski definition) is 1. The molecule has 1 aromatic carbocycles. The third kappa shape index (κ3) is 4.27. The lowest BCUT2D eigenvalue weighted by Gasteiger charge is -2.32. The third-order valence-electron chi connectivity index (χ3n) is 2.98. The Morgan fingerprint density at radius 1 is 1.41 bits per heavy atom. The minimum atomic E-state index is -0.0441. The zero-order valence-electron chi connectivity index (χ0n) is 10.7. The SMILES string of the molecule is CN(C)C(C)(C)CNC(=O)c1cccc(I)c1. The van der Waals surface area contributed by atoms with Crippen LogP contribution < -0.4 is 5.32 Å². The molecule has 1 rings (SSSR count). The van der Waals surface area contributed by atoms with Crippen LogP contribution in [0.4, 0.5) is 0 Å². The molecule has 1 N–H and O–H groups in total. The van der Waals surface area contributed by atoms with E-state index < -0.39 is 0 Å². The van der Waals surface area contributed by atoms with Crippen molar-refractivity contribution in [2.24, 2.45) is 0 Å². The first kappa shape index (κ1) is 14.4. The third-order valence-corrected chi connectivity index (χ3v) is 3.65. The maximum absolute atomic E-state index is 11.9. The molecule has 0 heterocycles. The standard InChI is InChI=1S/C13H19IN2O/c1-13(2,16(3)4)9-15-12(17)10-6-5-7-11(14)8-10/h5-8H,9H2,1-4H3,(H,15,17). The van der Waals surface area contributed by atoms with Gasteiger partial charge in [0.15, 0.2) is 0 Å². The maximum atomic E-state index is 11.9. The van der Waals surface area contributed by atoms with Crippen molar-refractivity contribution in [2.45, 2.75) is 19.4 Å². The van der Waals surface area contributed by atoms with Gasteiger partial charge in [0, 0.05) is 21.2 Å². The summed E-state index contributed by atoms with van der Waals surface area (Å²) in [6.07, 6.45) is 0. The lowest BCUT2D eigenvalue weighted by molar-refractivity contribution is 0.0919. The molecule has 3 nitrogen and oxygen atoms in total. The maximum Gasteiger partial charge on any atom is 0.251 e. The van der Waals surface area contributed by atoms with Gasteiger partial charge >= 0.3 is 0 Å². The molecule has 0 spiro atoms. The normalized spacial score (nSPS) is 11.6. The Morgan fingerprint density at radius 2 is 2.06 bits per heavy atom. The zero-order valence-corrected chi connectivity index (χ0v) is 12.9. The molecule has 0 fully saturated rings. The molecule has 1 amide bonds. The summed E-state index contributed by atoms with van der Waals surface area (Å²) < 4.78 is 1.07. The summed E-state index contributed by atoms with van der Waals surface area (Å²) in [5.74, 6) is -0.0153. The van der Waals surface area contributed by atoms with Gasteiger partial charge in [0.05, 0.1) is 0 Å². The molecule has 0 aliphatic rings. The Labute approximate surface area is 117 Å². The van der Waals surface area contributed by atoms with Crippen molar-refractivity contribution < 1.29 is 4.79 Å². The van der Waals surface area contributed by atoms with E-state index in [1.54, 1.807) is 0 Å². The molecule has 0 saturated carbocycles. The van der Waals surface area contributed by atoms with E-state index in [0.717, 1.165) is 3.57 Å². The Kier molecular flexibility index (Phi) is 4.94. The first-order valence-corrected chi connectivity index (χ1v) is 6.62. The van der Waals surface area contributed by atoms with Crippen LogP contribution in [0.3, 0.4) is 0 Å². The molecule has 4 heteroatoms. The van der Waals surface area contributed by atoms with Crippen LogP contribution in [0.5, 0.6) is 0 Å². The molecule has 1 aromatic rings. The Balaban J connectivity index is 2.62. The molecular formula is C13H19IN2O. The average Bonchev–Trinajstić information content (AvgIpc) is 2.25. The molecule has 0 atom stereocenters. The van der Waals surface area contributed by atoms with Gasteiger partial charge in [0.2, 0.25) is 0 Å². The van der Waals surface area contributed by atoms with E-state index in [-0.39, 0.29) is 11.4 Å². The van der Waals surface area contributed by atoms with E-state index >= 15 is 0 Å². The summed E-state index contributed by atoms with van der Waals surface area (Å²) in [6, 6.07) is 7.59. The van der Waals surface area contributed by atoms with E-state index in [1.165, 1.54) is 0 Å². The van der Waals surface area contributed by atoms with Gasteiger partial charge in [0.1, 0.15) is 0 Å².